The molecule has 0 aromatic heterocycles. The number of carbonyl (C=O) groups is 1. The van der Waals surface area contributed by atoms with Gasteiger partial charge in [0.15, 0.2) is 9.84 Å². The van der Waals surface area contributed by atoms with Crippen molar-refractivity contribution in [2.45, 2.75) is 63.7 Å². The van der Waals surface area contributed by atoms with Crippen LogP contribution < -0.4 is 5.32 Å². The number of carbonyl (C=O) groups excluding carboxylic acids is 1. The molecule has 0 aliphatic heterocycles. The molecular weight excluding hydrogens is 310 g/mol. The Bertz CT molecular complexity index is 633. The van der Waals surface area contributed by atoms with Gasteiger partial charge >= 0.3 is 0 Å². The number of amides is 1. The first-order chi connectivity index (χ1) is 10.9. The predicted octanol–water partition coefficient (Wildman–Crippen LogP) is 2.79. The van der Waals surface area contributed by atoms with E-state index in [1.54, 1.807) is 0 Å². The number of aryl methyl sites for hydroxylation is 1. The van der Waals surface area contributed by atoms with Gasteiger partial charge in [0, 0.05) is 12.5 Å². The van der Waals surface area contributed by atoms with Crippen molar-refractivity contribution in [3.8, 4) is 0 Å². The highest BCUT2D eigenvalue weighted by atomic mass is 32.2. The summed E-state index contributed by atoms with van der Waals surface area (Å²) < 4.78 is 24.4. The Balaban J connectivity index is 1.79. The normalized spacial score (nSPS) is 17.1. The van der Waals surface area contributed by atoms with Crippen molar-refractivity contribution in [2.24, 2.45) is 0 Å². The van der Waals surface area contributed by atoms with E-state index in [9.17, 15) is 13.2 Å². The van der Waals surface area contributed by atoms with E-state index in [1.165, 1.54) is 11.1 Å². The average molecular weight is 337 g/mol. The van der Waals surface area contributed by atoms with Crippen LogP contribution in [-0.2, 0) is 21.1 Å². The van der Waals surface area contributed by atoms with Gasteiger partial charge in [0.05, 0.1) is 11.0 Å². The molecule has 1 atom stereocenters. The molecule has 0 saturated heterocycles. The van der Waals surface area contributed by atoms with Crippen LogP contribution in [0.2, 0.25) is 0 Å². The monoisotopic (exact) mass is 337 g/mol. The molecule has 2 rings (SSSR count). The third-order valence-corrected chi connectivity index (χ3v) is 6.88. The van der Waals surface area contributed by atoms with Gasteiger partial charge in [-0.05, 0) is 44.2 Å². The van der Waals surface area contributed by atoms with Gasteiger partial charge in [0.25, 0.3) is 0 Å². The lowest BCUT2D eigenvalue weighted by molar-refractivity contribution is -0.121. The van der Waals surface area contributed by atoms with Crippen LogP contribution in [0.4, 0.5) is 0 Å². The zero-order valence-corrected chi connectivity index (χ0v) is 14.9. The summed E-state index contributed by atoms with van der Waals surface area (Å²) in [7, 11) is -3.12. The second kappa shape index (κ2) is 7.95. The van der Waals surface area contributed by atoms with Gasteiger partial charge in [-0.1, -0.05) is 37.1 Å². The summed E-state index contributed by atoms with van der Waals surface area (Å²) in [6.45, 7) is 4.01. The van der Waals surface area contributed by atoms with Crippen LogP contribution in [0.25, 0.3) is 0 Å². The number of sulfone groups is 1. The number of nitrogens with one attached hydrogen (secondary N) is 1. The summed E-state index contributed by atoms with van der Waals surface area (Å²) in [6, 6.07) is 8.10. The van der Waals surface area contributed by atoms with Crippen molar-refractivity contribution in [1.29, 1.82) is 0 Å². The zero-order chi connectivity index (χ0) is 16.9. The first-order valence-corrected chi connectivity index (χ1v) is 10.2. The maximum atomic E-state index is 12.2. The Kier molecular flexibility index (Phi) is 6.22. The Morgan fingerprint density at radius 3 is 2.57 bits per heavy atom. The van der Waals surface area contributed by atoms with Gasteiger partial charge in [-0.2, -0.15) is 0 Å². The lowest BCUT2D eigenvalue weighted by Gasteiger charge is -2.16. The van der Waals surface area contributed by atoms with Gasteiger partial charge in [-0.25, -0.2) is 8.42 Å². The van der Waals surface area contributed by atoms with E-state index in [2.05, 4.69) is 24.4 Å². The predicted molar refractivity (Wildman–Crippen MR) is 93.1 cm³/mol. The van der Waals surface area contributed by atoms with E-state index in [0.29, 0.717) is 0 Å². The van der Waals surface area contributed by atoms with Crippen LogP contribution in [0.1, 0.15) is 50.2 Å². The minimum absolute atomic E-state index is 0.00205. The fourth-order valence-electron chi connectivity index (χ4n) is 3.22. The second-order valence-electron chi connectivity index (χ2n) is 6.62. The fourth-order valence-corrected chi connectivity index (χ4v) is 5.07. The van der Waals surface area contributed by atoms with Gasteiger partial charge in [-0.3, -0.25) is 4.79 Å². The third kappa shape index (κ3) is 5.34. The molecule has 1 amide bonds. The van der Waals surface area contributed by atoms with Crippen LogP contribution in [0.15, 0.2) is 24.3 Å². The molecule has 1 aliphatic rings. The van der Waals surface area contributed by atoms with E-state index >= 15 is 0 Å². The molecule has 1 N–H and O–H groups in total. The maximum absolute atomic E-state index is 12.2. The van der Waals surface area contributed by atoms with E-state index in [-0.39, 0.29) is 29.4 Å². The topological polar surface area (TPSA) is 63.2 Å². The quantitative estimate of drug-likeness (QED) is 0.832. The first kappa shape index (κ1) is 18.0. The average Bonchev–Trinajstić information content (AvgIpc) is 3.03. The van der Waals surface area contributed by atoms with Gasteiger partial charge in [0.2, 0.25) is 5.91 Å². The zero-order valence-electron chi connectivity index (χ0n) is 14.0. The Hall–Kier alpha value is -1.36. The lowest BCUT2D eigenvalue weighted by atomic mass is 10.0. The Morgan fingerprint density at radius 2 is 1.91 bits per heavy atom. The number of hydrogen-bond donors (Lipinski definition) is 1. The molecule has 23 heavy (non-hydrogen) atoms. The largest absolute Gasteiger partial charge is 0.353 e. The molecule has 1 fully saturated rings. The van der Waals surface area contributed by atoms with Crippen LogP contribution in [0.3, 0.4) is 0 Å². The minimum atomic E-state index is -3.12. The van der Waals surface area contributed by atoms with E-state index in [1.807, 2.05) is 19.1 Å². The van der Waals surface area contributed by atoms with Crippen LogP contribution in [-0.4, -0.2) is 31.4 Å². The SMILES string of the molecule is Cc1ccccc1CC(C)NC(=O)CCS(=O)(=O)C1CCCC1. The van der Waals surface area contributed by atoms with Crippen LogP contribution in [0, 0.1) is 6.92 Å². The van der Waals surface area contributed by atoms with E-state index in [0.717, 1.165) is 32.1 Å². The number of hydrogen-bond acceptors (Lipinski definition) is 3. The summed E-state index contributed by atoms with van der Waals surface area (Å²) in [5, 5.41) is 2.69. The van der Waals surface area contributed by atoms with Crippen LogP contribution >= 0.6 is 0 Å². The minimum Gasteiger partial charge on any atom is -0.353 e. The smallest absolute Gasteiger partial charge is 0.221 e. The molecule has 0 heterocycles. The molecule has 1 unspecified atom stereocenters. The molecule has 4 nitrogen and oxygen atoms in total. The fraction of sp³-hybridized carbons (Fsp3) is 0.611. The molecule has 5 heteroatoms. The highest BCUT2D eigenvalue weighted by molar-refractivity contribution is 7.92. The molecule has 1 aliphatic carbocycles. The van der Waals surface area contributed by atoms with Crippen molar-refractivity contribution < 1.29 is 13.2 Å². The van der Waals surface area contributed by atoms with Crippen molar-refractivity contribution in [3.63, 3.8) is 0 Å². The van der Waals surface area contributed by atoms with Crippen molar-refractivity contribution in [1.82, 2.24) is 5.32 Å². The lowest BCUT2D eigenvalue weighted by Crippen LogP contribution is -2.35. The van der Waals surface area contributed by atoms with Crippen molar-refractivity contribution >= 4 is 15.7 Å². The van der Waals surface area contributed by atoms with Gasteiger partial charge in [-0.15, -0.1) is 0 Å². The second-order valence-corrected chi connectivity index (χ2v) is 9.02. The Labute approximate surface area is 139 Å². The van der Waals surface area contributed by atoms with Crippen molar-refractivity contribution in [2.75, 3.05) is 5.75 Å². The summed E-state index contributed by atoms with van der Waals surface area (Å²) in [5.74, 6) is -0.201. The van der Waals surface area contributed by atoms with Crippen LogP contribution in [0.5, 0.6) is 0 Å². The number of rotatable bonds is 7. The highest BCUT2D eigenvalue weighted by Crippen LogP contribution is 2.25. The molecule has 1 aromatic rings. The molecule has 0 bridgehead atoms. The third-order valence-electron chi connectivity index (χ3n) is 4.62. The number of benzene rings is 1. The summed E-state index contributed by atoms with van der Waals surface area (Å²) in [4.78, 5) is 12.0. The molecule has 128 valence electrons. The summed E-state index contributed by atoms with van der Waals surface area (Å²) >= 11 is 0. The van der Waals surface area contributed by atoms with Gasteiger partial charge in [0.1, 0.15) is 0 Å². The van der Waals surface area contributed by atoms with Crippen molar-refractivity contribution in [3.05, 3.63) is 35.4 Å². The summed E-state index contributed by atoms with van der Waals surface area (Å²) in [6.07, 6.45) is 4.32. The maximum Gasteiger partial charge on any atom is 0.221 e. The standard InChI is InChI=1S/C18H27NO3S/c1-14-7-3-4-8-16(14)13-15(2)19-18(20)11-12-23(21,22)17-9-5-6-10-17/h3-4,7-8,15,17H,5-6,9-13H2,1-2H3,(H,19,20). The Morgan fingerprint density at radius 1 is 1.26 bits per heavy atom. The van der Waals surface area contributed by atoms with E-state index < -0.39 is 9.84 Å². The first-order valence-electron chi connectivity index (χ1n) is 8.44. The van der Waals surface area contributed by atoms with Gasteiger partial charge < -0.3 is 5.32 Å². The molecule has 1 aromatic carbocycles. The molecule has 0 radical (unpaired) electrons. The molecular formula is C18H27NO3S. The molecule has 0 spiro atoms. The molecule has 1 saturated carbocycles. The van der Waals surface area contributed by atoms with E-state index in [4.69, 9.17) is 0 Å². The highest BCUT2D eigenvalue weighted by Gasteiger charge is 2.28. The summed E-state index contributed by atoms with van der Waals surface area (Å²) in [5.41, 5.74) is 2.41.